The number of carbonyl (C=O) groups is 1. The molecule has 62 valence electrons. The summed E-state index contributed by atoms with van der Waals surface area (Å²) in [6.07, 6.45) is 1.24. The summed E-state index contributed by atoms with van der Waals surface area (Å²) in [5, 5.41) is 8.92. The van der Waals surface area contributed by atoms with Crippen LogP contribution in [0.5, 0.6) is 5.75 Å². The van der Waals surface area contributed by atoms with E-state index >= 15 is 0 Å². The number of Topliss-reactive ketones (excluding diaryl/α,β-unsaturated/α-hetero) is 1. The van der Waals surface area contributed by atoms with Crippen LogP contribution in [0.2, 0.25) is 0 Å². The standard InChI is InChI=1S/C9H9NO2/c1-10-6-9(12)7-2-4-8(11)5-3-7/h2-6,11H,1H3/b10-6+. The number of phenolic OH excluding ortho intramolecular Hbond substituents is 1. The molecule has 0 amide bonds. The molecule has 0 aromatic heterocycles. The van der Waals surface area contributed by atoms with Crippen molar-refractivity contribution in [2.45, 2.75) is 0 Å². The number of carbonyl (C=O) groups excluding carboxylic acids is 1. The number of hydrogen-bond donors (Lipinski definition) is 1. The summed E-state index contributed by atoms with van der Waals surface area (Å²) in [6, 6.07) is 6.05. The third-order valence-electron chi connectivity index (χ3n) is 1.40. The smallest absolute Gasteiger partial charge is 0.203 e. The van der Waals surface area contributed by atoms with Crippen molar-refractivity contribution in [1.29, 1.82) is 0 Å². The van der Waals surface area contributed by atoms with Crippen molar-refractivity contribution < 1.29 is 9.90 Å². The zero-order chi connectivity index (χ0) is 8.97. The molecule has 1 aromatic rings. The molecule has 3 heteroatoms. The lowest BCUT2D eigenvalue weighted by Crippen LogP contribution is -1.98. The van der Waals surface area contributed by atoms with Crippen LogP contribution in [-0.4, -0.2) is 24.2 Å². The number of benzene rings is 1. The molecule has 0 atom stereocenters. The number of phenols is 1. The van der Waals surface area contributed by atoms with E-state index in [1.54, 1.807) is 12.1 Å². The van der Waals surface area contributed by atoms with Gasteiger partial charge in [-0.2, -0.15) is 0 Å². The van der Waals surface area contributed by atoms with Gasteiger partial charge in [-0.05, 0) is 24.3 Å². The highest BCUT2D eigenvalue weighted by molar-refractivity contribution is 6.35. The summed E-state index contributed by atoms with van der Waals surface area (Å²) in [7, 11) is 1.54. The molecule has 1 N–H and O–H groups in total. The Morgan fingerprint density at radius 2 is 2.00 bits per heavy atom. The number of rotatable bonds is 2. The van der Waals surface area contributed by atoms with Gasteiger partial charge in [-0.1, -0.05) is 0 Å². The Bertz CT molecular complexity index is 301. The lowest BCUT2D eigenvalue weighted by Gasteiger charge is -1.94. The van der Waals surface area contributed by atoms with E-state index in [2.05, 4.69) is 4.99 Å². The number of aliphatic imine (C=N–C) groups is 1. The first-order chi connectivity index (χ1) is 5.74. The fraction of sp³-hybridized carbons (Fsp3) is 0.111. The minimum absolute atomic E-state index is 0.153. The van der Waals surface area contributed by atoms with Crippen molar-refractivity contribution in [2.24, 2.45) is 4.99 Å². The van der Waals surface area contributed by atoms with Gasteiger partial charge in [-0.25, -0.2) is 0 Å². The zero-order valence-corrected chi connectivity index (χ0v) is 6.69. The van der Waals surface area contributed by atoms with Gasteiger partial charge in [0.15, 0.2) is 0 Å². The summed E-state index contributed by atoms with van der Waals surface area (Å²) in [6.45, 7) is 0. The summed E-state index contributed by atoms with van der Waals surface area (Å²) in [5.41, 5.74) is 0.526. The van der Waals surface area contributed by atoms with Gasteiger partial charge in [0.2, 0.25) is 5.78 Å². The largest absolute Gasteiger partial charge is 0.508 e. The number of nitrogens with zero attached hydrogens (tertiary/aromatic N) is 1. The highest BCUT2D eigenvalue weighted by atomic mass is 16.3. The van der Waals surface area contributed by atoms with Crippen LogP contribution in [0, 0.1) is 0 Å². The van der Waals surface area contributed by atoms with Gasteiger partial charge in [0.05, 0.1) is 6.21 Å². The van der Waals surface area contributed by atoms with Crippen molar-refractivity contribution in [3.63, 3.8) is 0 Å². The summed E-state index contributed by atoms with van der Waals surface area (Å²) in [5.74, 6) is -0.00233. The molecule has 1 aromatic carbocycles. The Morgan fingerprint density at radius 3 is 2.50 bits per heavy atom. The lowest BCUT2D eigenvalue weighted by atomic mass is 10.1. The molecule has 12 heavy (non-hydrogen) atoms. The minimum atomic E-state index is -0.155. The number of hydrogen-bond acceptors (Lipinski definition) is 3. The maximum atomic E-state index is 11.1. The van der Waals surface area contributed by atoms with Gasteiger partial charge in [-0.3, -0.25) is 9.79 Å². The van der Waals surface area contributed by atoms with Crippen LogP contribution in [0.4, 0.5) is 0 Å². The Balaban J connectivity index is 2.90. The molecule has 1 rings (SSSR count). The van der Waals surface area contributed by atoms with E-state index in [1.165, 1.54) is 25.4 Å². The van der Waals surface area contributed by atoms with E-state index in [-0.39, 0.29) is 11.5 Å². The van der Waals surface area contributed by atoms with Crippen molar-refractivity contribution in [1.82, 2.24) is 0 Å². The molecule has 0 spiro atoms. The number of aromatic hydroxyl groups is 1. The summed E-state index contributed by atoms with van der Waals surface area (Å²) < 4.78 is 0. The van der Waals surface area contributed by atoms with E-state index in [9.17, 15) is 4.79 Å². The Labute approximate surface area is 70.4 Å². The molecule has 0 aliphatic carbocycles. The molecule has 0 saturated carbocycles. The molecule has 0 unspecified atom stereocenters. The molecule has 0 radical (unpaired) electrons. The predicted molar refractivity (Wildman–Crippen MR) is 46.9 cm³/mol. The van der Waals surface area contributed by atoms with Gasteiger partial charge in [-0.15, -0.1) is 0 Å². The van der Waals surface area contributed by atoms with E-state index < -0.39 is 0 Å². The van der Waals surface area contributed by atoms with E-state index in [4.69, 9.17) is 5.11 Å². The third kappa shape index (κ3) is 1.92. The fourth-order valence-corrected chi connectivity index (χ4v) is 0.817. The van der Waals surface area contributed by atoms with Crippen molar-refractivity contribution in [3.05, 3.63) is 29.8 Å². The highest BCUT2D eigenvalue weighted by Gasteiger charge is 2.00. The molecular weight excluding hydrogens is 154 g/mol. The monoisotopic (exact) mass is 163 g/mol. The molecule has 3 nitrogen and oxygen atoms in total. The second kappa shape index (κ2) is 3.67. The summed E-state index contributed by atoms with van der Waals surface area (Å²) >= 11 is 0. The van der Waals surface area contributed by atoms with Crippen molar-refractivity contribution >= 4 is 12.0 Å². The first-order valence-corrected chi connectivity index (χ1v) is 3.49. The molecule has 0 saturated heterocycles. The van der Waals surface area contributed by atoms with Gasteiger partial charge in [0.25, 0.3) is 0 Å². The maximum Gasteiger partial charge on any atom is 0.203 e. The van der Waals surface area contributed by atoms with Crippen LogP contribution in [-0.2, 0) is 0 Å². The average Bonchev–Trinajstić information content (AvgIpc) is 2.06. The fourth-order valence-electron chi connectivity index (χ4n) is 0.817. The van der Waals surface area contributed by atoms with Crippen LogP contribution in [0.1, 0.15) is 10.4 Å². The maximum absolute atomic E-state index is 11.1. The zero-order valence-electron chi connectivity index (χ0n) is 6.69. The lowest BCUT2D eigenvalue weighted by molar-refractivity contribution is 0.107. The highest BCUT2D eigenvalue weighted by Crippen LogP contribution is 2.09. The third-order valence-corrected chi connectivity index (χ3v) is 1.40. The molecule has 0 aliphatic rings. The molecule has 0 heterocycles. The summed E-state index contributed by atoms with van der Waals surface area (Å²) in [4.78, 5) is 14.7. The van der Waals surface area contributed by atoms with E-state index in [1.807, 2.05) is 0 Å². The Hall–Kier alpha value is -1.64. The van der Waals surface area contributed by atoms with Crippen LogP contribution in [0.25, 0.3) is 0 Å². The second-order valence-corrected chi connectivity index (χ2v) is 2.30. The average molecular weight is 163 g/mol. The van der Waals surface area contributed by atoms with Crippen LogP contribution in [0.3, 0.4) is 0 Å². The molecule has 0 fully saturated rings. The minimum Gasteiger partial charge on any atom is -0.508 e. The Kier molecular flexibility index (Phi) is 2.58. The van der Waals surface area contributed by atoms with Gasteiger partial charge < -0.3 is 5.11 Å². The van der Waals surface area contributed by atoms with Gasteiger partial charge in [0.1, 0.15) is 5.75 Å². The quantitative estimate of drug-likeness (QED) is 0.527. The topological polar surface area (TPSA) is 49.7 Å². The molecule has 0 aliphatic heterocycles. The van der Waals surface area contributed by atoms with Crippen LogP contribution < -0.4 is 0 Å². The van der Waals surface area contributed by atoms with E-state index in [0.29, 0.717) is 5.56 Å². The van der Waals surface area contributed by atoms with Crippen LogP contribution >= 0.6 is 0 Å². The first kappa shape index (κ1) is 8.46. The van der Waals surface area contributed by atoms with Gasteiger partial charge >= 0.3 is 0 Å². The molecular formula is C9H9NO2. The predicted octanol–water partition coefficient (Wildman–Crippen LogP) is 1.28. The number of ketones is 1. The van der Waals surface area contributed by atoms with Crippen molar-refractivity contribution in [3.8, 4) is 5.75 Å². The van der Waals surface area contributed by atoms with Crippen LogP contribution in [0.15, 0.2) is 29.3 Å². The normalized spacial score (nSPS) is 10.4. The second-order valence-electron chi connectivity index (χ2n) is 2.30. The Morgan fingerprint density at radius 1 is 1.42 bits per heavy atom. The van der Waals surface area contributed by atoms with E-state index in [0.717, 1.165) is 0 Å². The first-order valence-electron chi connectivity index (χ1n) is 3.49. The van der Waals surface area contributed by atoms with Gasteiger partial charge in [0, 0.05) is 12.6 Å². The molecule has 0 bridgehead atoms. The van der Waals surface area contributed by atoms with Crippen molar-refractivity contribution in [2.75, 3.05) is 7.05 Å². The SMILES string of the molecule is C/N=C/C(=O)c1ccc(O)cc1.